The van der Waals surface area contributed by atoms with Crippen molar-refractivity contribution in [3.05, 3.63) is 64.1 Å². The Morgan fingerprint density at radius 2 is 1.82 bits per heavy atom. The van der Waals surface area contributed by atoms with Crippen LogP contribution in [0.15, 0.2) is 53.0 Å². The number of para-hydroxylation sites is 1. The standard InChI is InChI=1S/C22H23BrN2O3/c23-17-8-6-7-16(13-17)20(26)14-22(28)18-9-2-3-10-19(18)25(21(22)27)15-24-11-4-1-5-12-24/h2-3,6-10,13,28H,1,4-5,11-12,14-15H2/t22-/m1/s1. The van der Waals surface area contributed by atoms with Crippen molar-refractivity contribution in [2.75, 3.05) is 24.7 Å². The van der Waals surface area contributed by atoms with E-state index in [1.54, 1.807) is 35.2 Å². The van der Waals surface area contributed by atoms with E-state index in [4.69, 9.17) is 0 Å². The predicted octanol–water partition coefficient (Wildman–Crippen LogP) is 3.70. The number of hydrogen-bond acceptors (Lipinski definition) is 4. The molecule has 0 aliphatic carbocycles. The molecule has 0 bridgehead atoms. The highest BCUT2D eigenvalue weighted by atomic mass is 79.9. The maximum atomic E-state index is 13.3. The van der Waals surface area contributed by atoms with Gasteiger partial charge in [-0.05, 0) is 44.1 Å². The number of ketones is 1. The Hall–Kier alpha value is -2.02. The van der Waals surface area contributed by atoms with Gasteiger partial charge in [0.25, 0.3) is 5.91 Å². The van der Waals surface area contributed by atoms with Gasteiger partial charge in [0, 0.05) is 15.6 Å². The van der Waals surface area contributed by atoms with Crippen molar-refractivity contribution in [2.24, 2.45) is 0 Å². The molecule has 146 valence electrons. The van der Waals surface area contributed by atoms with E-state index in [2.05, 4.69) is 20.8 Å². The van der Waals surface area contributed by atoms with Gasteiger partial charge in [0.1, 0.15) is 0 Å². The number of likely N-dealkylation sites (tertiary alicyclic amines) is 1. The summed E-state index contributed by atoms with van der Waals surface area (Å²) in [5, 5.41) is 11.4. The van der Waals surface area contributed by atoms with E-state index in [0.717, 1.165) is 30.4 Å². The minimum atomic E-state index is -1.83. The Morgan fingerprint density at radius 3 is 2.57 bits per heavy atom. The van der Waals surface area contributed by atoms with Gasteiger partial charge in [0.05, 0.1) is 18.8 Å². The van der Waals surface area contributed by atoms with Gasteiger partial charge < -0.3 is 5.11 Å². The second-order valence-electron chi connectivity index (χ2n) is 7.54. The molecule has 28 heavy (non-hydrogen) atoms. The quantitative estimate of drug-likeness (QED) is 0.717. The zero-order valence-corrected chi connectivity index (χ0v) is 17.2. The number of piperidine rings is 1. The number of carbonyl (C=O) groups excluding carboxylic acids is 2. The zero-order valence-electron chi connectivity index (χ0n) is 15.6. The lowest BCUT2D eigenvalue weighted by atomic mass is 9.88. The van der Waals surface area contributed by atoms with Crippen molar-refractivity contribution in [1.82, 2.24) is 4.90 Å². The second-order valence-corrected chi connectivity index (χ2v) is 8.46. The van der Waals surface area contributed by atoms with Crippen LogP contribution in [0.2, 0.25) is 0 Å². The van der Waals surface area contributed by atoms with Crippen molar-refractivity contribution in [3.63, 3.8) is 0 Å². The van der Waals surface area contributed by atoms with Gasteiger partial charge in [-0.25, -0.2) is 0 Å². The van der Waals surface area contributed by atoms with E-state index in [9.17, 15) is 14.7 Å². The Bertz CT molecular complexity index is 910. The van der Waals surface area contributed by atoms with Gasteiger partial charge in [-0.1, -0.05) is 52.7 Å². The average molecular weight is 443 g/mol. The monoisotopic (exact) mass is 442 g/mol. The lowest BCUT2D eigenvalue weighted by molar-refractivity contribution is -0.136. The summed E-state index contributed by atoms with van der Waals surface area (Å²) in [6.07, 6.45) is 3.19. The van der Waals surface area contributed by atoms with E-state index >= 15 is 0 Å². The van der Waals surface area contributed by atoms with Crippen molar-refractivity contribution >= 4 is 33.3 Å². The Morgan fingerprint density at radius 1 is 1.07 bits per heavy atom. The van der Waals surface area contributed by atoms with Crippen molar-refractivity contribution in [3.8, 4) is 0 Å². The third kappa shape index (κ3) is 3.52. The molecule has 1 atom stereocenters. The van der Waals surface area contributed by atoms with Crippen LogP contribution >= 0.6 is 15.9 Å². The van der Waals surface area contributed by atoms with Crippen molar-refractivity contribution in [1.29, 1.82) is 0 Å². The van der Waals surface area contributed by atoms with E-state index in [1.165, 1.54) is 6.42 Å². The minimum Gasteiger partial charge on any atom is -0.375 e. The fourth-order valence-electron chi connectivity index (χ4n) is 4.12. The van der Waals surface area contributed by atoms with E-state index in [0.29, 0.717) is 23.5 Å². The van der Waals surface area contributed by atoms with Crippen LogP contribution < -0.4 is 4.90 Å². The molecule has 2 heterocycles. The van der Waals surface area contributed by atoms with Gasteiger partial charge in [0.15, 0.2) is 11.4 Å². The van der Waals surface area contributed by atoms with E-state index < -0.39 is 11.5 Å². The molecule has 6 heteroatoms. The van der Waals surface area contributed by atoms with Gasteiger partial charge in [-0.15, -0.1) is 0 Å². The normalized spacial score (nSPS) is 22.4. The summed E-state index contributed by atoms with van der Waals surface area (Å²) in [5.74, 6) is -0.672. The van der Waals surface area contributed by atoms with Crippen LogP contribution in [0.25, 0.3) is 0 Å². The lowest BCUT2D eigenvalue weighted by Crippen LogP contribution is -2.47. The number of rotatable bonds is 5. The number of aliphatic hydroxyl groups is 1. The first-order valence-electron chi connectivity index (χ1n) is 9.64. The first-order chi connectivity index (χ1) is 13.5. The lowest BCUT2D eigenvalue weighted by Gasteiger charge is -2.31. The molecular weight excluding hydrogens is 420 g/mol. The summed E-state index contributed by atoms with van der Waals surface area (Å²) in [7, 11) is 0. The number of halogens is 1. The molecule has 2 aromatic carbocycles. The number of fused-ring (bicyclic) bond motifs is 1. The van der Waals surface area contributed by atoms with Gasteiger partial charge in [-0.3, -0.25) is 19.4 Å². The van der Waals surface area contributed by atoms with Crippen LogP contribution in [0, 0.1) is 0 Å². The Balaban J connectivity index is 1.62. The van der Waals surface area contributed by atoms with Crippen molar-refractivity contribution < 1.29 is 14.7 Å². The zero-order chi connectivity index (χ0) is 19.7. The van der Waals surface area contributed by atoms with Crippen LogP contribution in [0.1, 0.15) is 41.6 Å². The molecular formula is C22H23BrN2O3. The predicted molar refractivity (Wildman–Crippen MR) is 111 cm³/mol. The number of anilines is 1. The smallest absolute Gasteiger partial charge is 0.265 e. The highest BCUT2D eigenvalue weighted by Gasteiger charge is 2.51. The first kappa shape index (κ1) is 19.3. The number of Topliss-reactive ketones (excluding diaryl/α,β-unsaturated/α-hetero) is 1. The number of amides is 1. The molecule has 0 unspecified atom stereocenters. The molecule has 0 radical (unpaired) electrons. The molecule has 1 N–H and O–H groups in total. The summed E-state index contributed by atoms with van der Waals surface area (Å²) in [6, 6.07) is 14.3. The minimum absolute atomic E-state index is 0.258. The summed E-state index contributed by atoms with van der Waals surface area (Å²) in [4.78, 5) is 30.0. The summed E-state index contributed by atoms with van der Waals surface area (Å²) < 4.78 is 0.787. The highest BCUT2D eigenvalue weighted by Crippen LogP contribution is 2.43. The Labute approximate surface area is 173 Å². The molecule has 1 fully saturated rings. The molecule has 1 amide bonds. The topological polar surface area (TPSA) is 60.9 Å². The summed E-state index contributed by atoms with van der Waals surface area (Å²) in [5.41, 5.74) is -0.142. The van der Waals surface area contributed by atoms with Crippen LogP contribution in [-0.2, 0) is 10.4 Å². The van der Waals surface area contributed by atoms with Gasteiger partial charge in [0.2, 0.25) is 0 Å². The van der Waals surface area contributed by atoms with Crippen LogP contribution in [-0.4, -0.2) is 41.5 Å². The summed E-state index contributed by atoms with van der Waals surface area (Å²) in [6.45, 7) is 2.34. The SMILES string of the molecule is O=C(C[C@]1(O)C(=O)N(CN2CCCCC2)c2ccccc21)c1cccc(Br)c1. The molecule has 2 aliphatic rings. The molecule has 2 aromatic rings. The molecule has 2 aliphatic heterocycles. The maximum Gasteiger partial charge on any atom is 0.265 e. The highest BCUT2D eigenvalue weighted by molar-refractivity contribution is 9.10. The van der Waals surface area contributed by atoms with Crippen molar-refractivity contribution in [2.45, 2.75) is 31.3 Å². The number of carbonyl (C=O) groups is 2. The molecule has 5 nitrogen and oxygen atoms in total. The van der Waals surface area contributed by atoms with Gasteiger partial charge >= 0.3 is 0 Å². The fourth-order valence-corrected chi connectivity index (χ4v) is 4.51. The number of nitrogens with zero attached hydrogens (tertiary/aromatic N) is 2. The molecule has 0 saturated carbocycles. The molecule has 4 rings (SSSR count). The molecule has 1 saturated heterocycles. The first-order valence-corrected chi connectivity index (χ1v) is 10.4. The summed E-state index contributed by atoms with van der Waals surface area (Å²) >= 11 is 3.36. The third-order valence-electron chi connectivity index (χ3n) is 5.59. The molecule has 0 spiro atoms. The third-order valence-corrected chi connectivity index (χ3v) is 6.09. The molecule has 0 aromatic heterocycles. The number of hydrogen-bond donors (Lipinski definition) is 1. The second kappa shape index (κ2) is 7.78. The van der Waals surface area contributed by atoms with Crippen LogP contribution in [0.3, 0.4) is 0 Å². The maximum absolute atomic E-state index is 13.3. The van der Waals surface area contributed by atoms with E-state index in [-0.39, 0.29) is 12.2 Å². The fraction of sp³-hybridized carbons (Fsp3) is 0.364. The average Bonchev–Trinajstić information content (AvgIpc) is 2.91. The van der Waals surface area contributed by atoms with Gasteiger partial charge in [-0.2, -0.15) is 0 Å². The van der Waals surface area contributed by atoms with Crippen LogP contribution in [0.5, 0.6) is 0 Å². The largest absolute Gasteiger partial charge is 0.375 e. The van der Waals surface area contributed by atoms with E-state index in [1.807, 2.05) is 18.2 Å². The number of benzene rings is 2. The van der Waals surface area contributed by atoms with Crippen LogP contribution in [0.4, 0.5) is 5.69 Å². The Kier molecular flexibility index (Phi) is 5.36.